The van der Waals surface area contributed by atoms with E-state index in [1.165, 1.54) is 4.88 Å². The molecule has 6 heteroatoms. The van der Waals surface area contributed by atoms with E-state index in [9.17, 15) is 5.11 Å². The van der Waals surface area contributed by atoms with Crippen LogP contribution in [0.1, 0.15) is 29.8 Å². The minimum absolute atomic E-state index is 0.144. The van der Waals surface area contributed by atoms with Crippen molar-refractivity contribution in [3.05, 3.63) is 45.1 Å². The summed E-state index contributed by atoms with van der Waals surface area (Å²) in [4.78, 5) is 1.23. The zero-order chi connectivity index (χ0) is 14.8. The number of hydrazine groups is 1. The summed E-state index contributed by atoms with van der Waals surface area (Å²) in [5, 5.41) is 13.0. The SMILES string of the molecule is CCc1cc(O)ccc1NC1CC(c2ccc(Cl)s2)NN1. The molecule has 112 valence electrons. The van der Waals surface area contributed by atoms with E-state index < -0.39 is 0 Å². The van der Waals surface area contributed by atoms with Crippen LogP contribution in [0.3, 0.4) is 0 Å². The van der Waals surface area contributed by atoms with Crippen molar-refractivity contribution in [2.75, 3.05) is 5.32 Å². The van der Waals surface area contributed by atoms with Crippen LogP contribution in [-0.4, -0.2) is 11.3 Å². The molecule has 0 radical (unpaired) electrons. The van der Waals surface area contributed by atoms with E-state index in [0.717, 1.165) is 28.4 Å². The van der Waals surface area contributed by atoms with Crippen LogP contribution in [0, 0.1) is 0 Å². The maximum atomic E-state index is 9.56. The monoisotopic (exact) mass is 323 g/mol. The number of benzene rings is 1. The highest BCUT2D eigenvalue weighted by Crippen LogP contribution is 2.32. The van der Waals surface area contributed by atoms with Crippen molar-refractivity contribution in [2.24, 2.45) is 0 Å². The fourth-order valence-corrected chi connectivity index (χ4v) is 3.68. The first kappa shape index (κ1) is 14.7. The third kappa shape index (κ3) is 3.32. The second-order valence-corrected chi connectivity index (χ2v) is 6.86. The summed E-state index contributed by atoms with van der Waals surface area (Å²) in [5.41, 5.74) is 8.73. The molecule has 2 aromatic rings. The minimum Gasteiger partial charge on any atom is -0.508 e. The Hall–Kier alpha value is -1.27. The first-order valence-corrected chi connectivity index (χ1v) is 8.20. The first-order valence-electron chi connectivity index (χ1n) is 7.00. The third-order valence-corrected chi connectivity index (χ3v) is 4.98. The van der Waals surface area contributed by atoms with Crippen molar-refractivity contribution in [2.45, 2.75) is 32.0 Å². The molecule has 3 rings (SSSR count). The molecule has 2 heterocycles. The summed E-state index contributed by atoms with van der Waals surface area (Å²) >= 11 is 7.60. The van der Waals surface area contributed by atoms with Gasteiger partial charge in [0.05, 0.1) is 16.5 Å². The van der Waals surface area contributed by atoms with Crippen molar-refractivity contribution >= 4 is 28.6 Å². The van der Waals surface area contributed by atoms with Gasteiger partial charge in [-0.25, -0.2) is 10.9 Å². The van der Waals surface area contributed by atoms with E-state index in [0.29, 0.717) is 5.75 Å². The number of phenols is 1. The topological polar surface area (TPSA) is 56.3 Å². The van der Waals surface area contributed by atoms with Gasteiger partial charge in [-0.05, 0) is 42.3 Å². The highest BCUT2D eigenvalue weighted by Gasteiger charge is 2.26. The lowest BCUT2D eigenvalue weighted by molar-refractivity contribution is 0.474. The van der Waals surface area contributed by atoms with Gasteiger partial charge in [0.2, 0.25) is 0 Å². The Labute approximate surface area is 133 Å². The Morgan fingerprint density at radius 3 is 2.90 bits per heavy atom. The molecule has 1 aliphatic heterocycles. The predicted molar refractivity (Wildman–Crippen MR) is 87.9 cm³/mol. The molecule has 1 aromatic heterocycles. The van der Waals surface area contributed by atoms with Crippen LogP contribution < -0.4 is 16.2 Å². The van der Waals surface area contributed by atoms with E-state index in [2.05, 4.69) is 29.2 Å². The Kier molecular flexibility index (Phi) is 4.35. The Balaban J connectivity index is 1.67. The quantitative estimate of drug-likeness (QED) is 0.649. The average molecular weight is 324 g/mol. The van der Waals surface area contributed by atoms with Crippen LogP contribution in [0.25, 0.3) is 0 Å². The molecule has 4 nitrogen and oxygen atoms in total. The van der Waals surface area contributed by atoms with Gasteiger partial charge in [-0.2, -0.15) is 0 Å². The first-order chi connectivity index (χ1) is 10.2. The van der Waals surface area contributed by atoms with Crippen LogP contribution in [0.2, 0.25) is 4.34 Å². The van der Waals surface area contributed by atoms with E-state index in [1.807, 2.05) is 12.1 Å². The van der Waals surface area contributed by atoms with Gasteiger partial charge < -0.3 is 10.4 Å². The number of phenolic OH excluding ortho intramolecular Hbond substituents is 1. The van der Waals surface area contributed by atoms with E-state index >= 15 is 0 Å². The highest BCUT2D eigenvalue weighted by atomic mass is 35.5. The molecule has 1 aromatic carbocycles. The molecular weight excluding hydrogens is 306 g/mol. The number of aryl methyl sites for hydroxylation is 1. The molecule has 1 fully saturated rings. The second-order valence-electron chi connectivity index (χ2n) is 5.11. The van der Waals surface area contributed by atoms with Crippen LogP contribution in [0.4, 0.5) is 5.69 Å². The summed E-state index contributed by atoms with van der Waals surface area (Å²) < 4.78 is 0.815. The third-order valence-electron chi connectivity index (χ3n) is 3.64. The second kappa shape index (κ2) is 6.23. The van der Waals surface area contributed by atoms with E-state index in [4.69, 9.17) is 11.6 Å². The zero-order valence-corrected chi connectivity index (χ0v) is 13.3. The maximum absolute atomic E-state index is 9.56. The van der Waals surface area contributed by atoms with Gasteiger partial charge in [0.25, 0.3) is 0 Å². The Morgan fingerprint density at radius 2 is 2.19 bits per heavy atom. The maximum Gasteiger partial charge on any atom is 0.116 e. The molecule has 0 bridgehead atoms. The number of nitrogens with one attached hydrogen (secondary N) is 3. The van der Waals surface area contributed by atoms with Crippen molar-refractivity contribution in [1.29, 1.82) is 0 Å². The predicted octanol–water partition coefficient (Wildman–Crippen LogP) is 3.65. The van der Waals surface area contributed by atoms with Crippen molar-refractivity contribution < 1.29 is 5.11 Å². The lowest BCUT2D eigenvalue weighted by atomic mass is 10.1. The molecule has 0 aliphatic carbocycles. The van der Waals surface area contributed by atoms with Crippen molar-refractivity contribution in [1.82, 2.24) is 10.9 Å². The summed E-state index contributed by atoms with van der Waals surface area (Å²) in [5.74, 6) is 0.306. The molecule has 1 saturated heterocycles. The molecular formula is C15H18ClN3OS. The van der Waals surface area contributed by atoms with Gasteiger partial charge in [0.1, 0.15) is 5.75 Å². The van der Waals surface area contributed by atoms with Gasteiger partial charge in [-0.1, -0.05) is 18.5 Å². The fourth-order valence-electron chi connectivity index (χ4n) is 2.55. The number of hydrogen-bond donors (Lipinski definition) is 4. The van der Waals surface area contributed by atoms with Gasteiger partial charge in [0, 0.05) is 17.0 Å². The van der Waals surface area contributed by atoms with Gasteiger partial charge >= 0.3 is 0 Å². The van der Waals surface area contributed by atoms with Crippen LogP contribution in [0.5, 0.6) is 5.75 Å². The average Bonchev–Trinajstić information content (AvgIpc) is 3.09. The molecule has 0 spiro atoms. The summed E-state index contributed by atoms with van der Waals surface area (Å²) in [6.45, 7) is 2.08. The molecule has 2 atom stereocenters. The molecule has 21 heavy (non-hydrogen) atoms. The Bertz CT molecular complexity index is 631. The van der Waals surface area contributed by atoms with E-state index in [1.54, 1.807) is 23.5 Å². The lowest BCUT2D eigenvalue weighted by Crippen LogP contribution is -2.36. The molecule has 0 saturated carbocycles. The van der Waals surface area contributed by atoms with Crippen LogP contribution in [0.15, 0.2) is 30.3 Å². The van der Waals surface area contributed by atoms with Crippen LogP contribution in [-0.2, 0) is 6.42 Å². The number of anilines is 1. The zero-order valence-electron chi connectivity index (χ0n) is 11.7. The summed E-state index contributed by atoms with van der Waals surface area (Å²) in [6.07, 6.45) is 1.95. The molecule has 2 unspecified atom stereocenters. The molecule has 1 aliphatic rings. The standard InChI is InChI=1S/C15H18ClN3OS/c1-2-9-7-10(20)3-4-11(9)17-15-8-12(18-19-15)13-5-6-14(16)21-13/h3-7,12,15,17-20H,2,8H2,1H3. The number of halogens is 1. The van der Waals surface area contributed by atoms with Gasteiger partial charge in [-0.15, -0.1) is 11.3 Å². The number of rotatable bonds is 4. The van der Waals surface area contributed by atoms with Gasteiger partial charge in [-0.3, -0.25) is 0 Å². The normalized spacial score (nSPS) is 21.6. The molecule has 0 amide bonds. The van der Waals surface area contributed by atoms with Crippen LogP contribution >= 0.6 is 22.9 Å². The number of thiophene rings is 1. The van der Waals surface area contributed by atoms with E-state index in [-0.39, 0.29) is 12.2 Å². The Morgan fingerprint density at radius 1 is 1.33 bits per heavy atom. The van der Waals surface area contributed by atoms with Crippen molar-refractivity contribution in [3.63, 3.8) is 0 Å². The van der Waals surface area contributed by atoms with Crippen molar-refractivity contribution in [3.8, 4) is 5.75 Å². The smallest absolute Gasteiger partial charge is 0.116 e. The fraction of sp³-hybridized carbons (Fsp3) is 0.333. The highest BCUT2D eigenvalue weighted by molar-refractivity contribution is 7.16. The number of hydrogen-bond acceptors (Lipinski definition) is 5. The summed E-state index contributed by atoms with van der Waals surface area (Å²) in [7, 11) is 0. The minimum atomic E-state index is 0.144. The molecule has 4 N–H and O–H groups in total. The summed E-state index contributed by atoms with van der Waals surface area (Å²) in [6, 6.07) is 9.70. The van der Waals surface area contributed by atoms with Gasteiger partial charge in [0.15, 0.2) is 0 Å². The lowest BCUT2D eigenvalue weighted by Gasteiger charge is -2.16. The largest absolute Gasteiger partial charge is 0.508 e. The number of aromatic hydroxyl groups is 1.